The number of nitrogens with one attached hydrogen (secondary N) is 1. The quantitative estimate of drug-likeness (QED) is 0.894. The molecule has 17 heavy (non-hydrogen) atoms. The van der Waals surface area contributed by atoms with E-state index in [2.05, 4.69) is 5.32 Å². The van der Waals surface area contributed by atoms with Crippen LogP contribution in [0.1, 0.15) is 30.7 Å². The largest absolute Gasteiger partial charge is 0.342 e. The molecule has 1 aromatic rings. The Morgan fingerprint density at radius 1 is 1.65 bits per heavy atom. The van der Waals surface area contributed by atoms with Gasteiger partial charge in [-0.3, -0.25) is 4.79 Å². The molecule has 1 fully saturated rings. The summed E-state index contributed by atoms with van der Waals surface area (Å²) in [6.45, 7) is 2.44. The highest BCUT2D eigenvalue weighted by Crippen LogP contribution is 2.27. The first-order valence-corrected chi connectivity index (χ1v) is 7.01. The van der Waals surface area contributed by atoms with Gasteiger partial charge in [0.2, 0.25) is 5.91 Å². The van der Waals surface area contributed by atoms with Crippen LogP contribution in [0.3, 0.4) is 0 Å². The Labute approximate surface area is 111 Å². The van der Waals surface area contributed by atoms with Crippen molar-refractivity contribution in [2.24, 2.45) is 0 Å². The molecule has 5 heteroatoms. The molecule has 0 spiro atoms. The minimum atomic E-state index is 0.169. The molecule has 0 saturated heterocycles. The molecule has 1 saturated carbocycles. The number of hydrogen-bond donors (Lipinski definition) is 1. The van der Waals surface area contributed by atoms with Gasteiger partial charge in [0.25, 0.3) is 0 Å². The van der Waals surface area contributed by atoms with Crippen molar-refractivity contribution >= 4 is 28.8 Å². The molecule has 1 aliphatic rings. The van der Waals surface area contributed by atoms with Gasteiger partial charge in [0.15, 0.2) is 0 Å². The maximum atomic E-state index is 11.8. The van der Waals surface area contributed by atoms with Crippen molar-refractivity contribution in [3.63, 3.8) is 0 Å². The second kappa shape index (κ2) is 5.38. The zero-order valence-electron chi connectivity index (χ0n) is 10.1. The van der Waals surface area contributed by atoms with E-state index in [-0.39, 0.29) is 11.9 Å². The zero-order valence-corrected chi connectivity index (χ0v) is 11.6. The lowest BCUT2D eigenvalue weighted by Crippen LogP contribution is -2.37. The van der Waals surface area contributed by atoms with Crippen molar-refractivity contribution in [1.82, 2.24) is 10.2 Å². The number of thiophene rings is 1. The van der Waals surface area contributed by atoms with E-state index in [9.17, 15) is 4.79 Å². The molecular weight excluding hydrogens is 256 g/mol. The number of hydrogen-bond acceptors (Lipinski definition) is 3. The number of amides is 1. The van der Waals surface area contributed by atoms with Crippen LogP contribution in [0.4, 0.5) is 0 Å². The van der Waals surface area contributed by atoms with Crippen molar-refractivity contribution in [3.05, 3.63) is 21.3 Å². The van der Waals surface area contributed by atoms with Crippen LogP contribution in [0.15, 0.2) is 12.1 Å². The number of rotatable bonds is 5. The van der Waals surface area contributed by atoms with Crippen LogP contribution in [0.5, 0.6) is 0 Å². The Morgan fingerprint density at radius 2 is 2.35 bits per heavy atom. The van der Waals surface area contributed by atoms with Gasteiger partial charge >= 0.3 is 0 Å². The molecule has 1 atom stereocenters. The predicted molar refractivity (Wildman–Crippen MR) is 71.5 cm³/mol. The molecule has 0 bridgehead atoms. The van der Waals surface area contributed by atoms with Gasteiger partial charge in [-0.25, -0.2) is 0 Å². The molecule has 1 heterocycles. The minimum absolute atomic E-state index is 0.169. The molecule has 2 rings (SSSR count). The van der Waals surface area contributed by atoms with Crippen molar-refractivity contribution in [2.75, 3.05) is 13.6 Å². The molecule has 94 valence electrons. The third-order valence-corrected chi connectivity index (χ3v) is 4.48. The van der Waals surface area contributed by atoms with Crippen LogP contribution in [-0.2, 0) is 4.79 Å². The van der Waals surface area contributed by atoms with E-state index in [4.69, 9.17) is 11.6 Å². The third-order valence-electron chi connectivity index (χ3n) is 3.07. The van der Waals surface area contributed by atoms with Gasteiger partial charge in [-0.1, -0.05) is 11.6 Å². The number of nitrogens with zero attached hydrogens (tertiary/aromatic N) is 1. The van der Waals surface area contributed by atoms with Crippen molar-refractivity contribution in [1.29, 1.82) is 0 Å². The molecule has 0 radical (unpaired) electrons. The fourth-order valence-corrected chi connectivity index (χ4v) is 2.78. The predicted octanol–water partition coefficient (Wildman–Crippen LogP) is 2.67. The van der Waals surface area contributed by atoms with Crippen LogP contribution in [0, 0.1) is 0 Å². The van der Waals surface area contributed by atoms with Crippen LogP contribution < -0.4 is 5.32 Å². The summed E-state index contributed by atoms with van der Waals surface area (Å²) in [4.78, 5) is 14.8. The fraction of sp³-hybridized carbons (Fsp3) is 0.583. The summed E-state index contributed by atoms with van der Waals surface area (Å²) in [5.74, 6) is 0.169. The number of carbonyl (C=O) groups excluding carboxylic acids is 1. The Kier molecular flexibility index (Phi) is 4.07. The Balaban J connectivity index is 1.79. The third kappa shape index (κ3) is 3.44. The molecular formula is C12H17ClN2OS. The number of halogens is 1. The van der Waals surface area contributed by atoms with Crippen molar-refractivity contribution in [2.45, 2.75) is 31.8 Å². The molecule has 1 N–H and O–H groups in total. The zero-order chi connectivity index (χ0) is 12.4. The van der Waals surface area contributed by atoms with Crippen molar-refractivity contribution < 1.29 is 4.79 Å². The topological polar surface area (TPSA) is 32.3 Å². The van der Waals surface area contributed by atoms with Gasteiger partial charge in [0, 0.05) is 24.0 Å². The lowest BCUT2D eigenvalue weighted by atomic mass is 10.3. The number of carbonyl (C=O) groups is 1. The van der Waals surface area contributed by atoms with Gasteiger partial charge in [-0.2, -0.15) is 0 Å². The highest BCUT2D eigenvalue weighted by atomic mass is 35.5. The first-order valence-electron chi connectivity index (χ1n) is 5.82. The Hall–Kier alpha value is -0.580. The standard InChI is InChI=1S/C12H17ClN2OS/c1-8(10-5-6-11(13)17-10)14-7-12(16)15(2)9-3-4-9/h5-6,8-9,14H,3-4,7H2,1-2H3. The average molecular weight is 273 g/mol. The maximum Gasteiger partial charge on any atom is 0.236 e. The van der Waals surface area contributed by atoms with E-state index in [0.717, 1.165) is 22.1 Å². The second-order valence-corrected chi connectivity index (χ2v) is 6.23. The summed E-state index contributed by atoms with van der Waals surface area (Å²) >= 11 is 7.44. The lowest BCUT2D eigenvalue weighted by molar-refractivity contribution is -0.129. The second-order valence-electron chi connectivity index (χ2n) is 4.48. The van der Waals surface area contributed by atoms with E-state index in [1.807, 2.05) is 31.0 Å². The molecule has 1 amide bonds. The molecule has 0 aliphatic heterocycles. The molecule has 0 aromatic carbocycles. The van der Waals surface area contributed by atoms with Crippen LogP contribution in [0.25, 0.3) is 0 Å². The van der Waals surface area contributed by atoms with Gasteiger partial charge in [-0.15, -0.1) is 11.3 Å². The molecule has 3 nitrogen and oxygen atoms in total. The smallest absolute Gasteiger partial charge is 0.236 e. The highest BCUT2D eigenvalue weighted by Gasteiger charge is 2.29. The normalized spacial score (nSPS) is 16.9. The van der Waals surface area contributed by atoms with Crippen LogP contribution in [-0.4, -0.2) is 30.4 Å². The van der Waals surface area contributed by atoms with Crippen LogP contribution in [0.2, 0.25) is 4.34 Å². The van der Waals surface area contributed by atoms with Gasteiger partial charge in [0.1, 0.15) is 0 Å². The highest BCUT2D eigenvalue weighted by molar-refractivity contribution is 7.16. The summed E-state index contributed by atoms with van der Waals surface area (Å²) in [6.07, 6.45) is 2.30. The first-order chi connectivity index (χ1) is 8.08. The Morgan fingerprint density at radius 3 is 2.88 bits per heavy atom. The van der Waals surface area contributed by atoms with E-state index >= 15 is 0 Å². The lowest BCUT2D eigenvalue weighted by Gasteiger charge is -2.18. The summed E-state index contributed by atoms with van der Waals surface area (Å²) in [5.41, 5.74) is 0. The summed E-state index contributed by atoms with van der Waals surface area (Å²) < 4.78 is 0.787. The number of likely N-dealkylation sites (N-methyl/N-ethyl adjacent to an activating group) is 1. The fourth-order valence-electron chi connectivity index (χ4n) is 1.69. The minimum Gasteiger partial charge on any atom is -0.342 e. The van der Waals surface area contributed by atoms with E-state index in [1.54, 1.807) is 11.3 Å². The van der Waals surface area contributed by atoms with Crippen molar-refractivity contribution in [3.8, 4) is 0 Å². The molecule has 1 unspecified atom stereocenters. The summed E-state index contributed by atoms with van der Waals surface area (Å²) in [5, 5.41) is 3.24. The molecule has 1 aromatic heterocycles. The Bertz CT molecular complexity index is 403. The monoisotopic (exact) mass is 272 g/mol. The van der Waals surface area contributed by atoms with E-state index < -0.39 is 0 Å². The average Bonchev–Trinajstić information content (AvgIpc) is 3.07. The molecule has 1 aliphatic carbocycles. The van der Waals surface area contributed by atoms with E-state index in [1.165, 1.54) is 0 Å². The van der Waals surface area contributed by atoms with Crippen LogP contribution >= 0.6 is 22.9 Å². The van der Waals surface area contributed by atoms with Gasteiger partial charge in [-0.05, 0) is 31.9 Å². The van der Waals surface area contributed by atoms with Gasteiger partial charge in [0.05, 0.1) is 10.9 Å². The van der Waals surface area contributed by atoms with Gasteiger partial charge < -0.3 is 10.2 Å². The maximum absolute atomic E-state index is 11.8. The summed E-state index contributed by atoms with van der Waals surface area (Å²) in [7, 11) is 1.88. The summed E-state index contributed by atoms with van der Waals surface area (Å²) in [6, 6.07) is 4.54. The van der Waals surface area contributed by atoms with E-state index in [0.29, 0.717) is 12.6 Å². The first kappa shape index (κ1) is 12.9. The SMILES string of the molecule is CC(NCC(=O)N(C)C1CC1)c1ccc(Cl)s1.